The molecule has 0 N–H and O–H groups in total. The van der Waals surface area contributed by atoms with Gasteiger partial charge in [0.05, 0.1) is 0 Å². The maximum Gasteiger partial charge on any atom is 0.252 e. The summed E-state index contributed by atoms with van der Waals surface area (Å²) in [6.45, 7) is 1.88. The average molecular weight is 186 g/mol. The van der Waals surface area contributed by atoms with Gasteiger partial charge in [-0.05, 0) is 17.7 Å². The molecule has 4 heteroatoms. The molecule has 3 nitrogen and oxygen atoms in total. The van der Waals surface area contributed by atoms with E-state index in [2.05, 4.69) is 0 Å². The first-order valence-electron chi connectivity index (χ1n) is 3.46. The van der Waals surface area contributed by atoms with Crippen molar-refractivity contribution in [2.45, 2.75) is 6.92 Å². The van der Waals surface area contributed by atoms with Crippen molar-refractivity contribution in [1.29, 1.82) is 0 Å². The minimum absolute atomic E-state index is 0.0522. The molecule has 1 aliphatic heterocycles. The number of carbonyl (C=O) groups is 2. The van der Waals surface area contributed by atoms with Crippen LogP contribution in [0.3, 0.4) is 0 Å². The molecule has 0 bridgehead atoms. The largest absolute Gasteiger partial charge is 0.315 e. The first kappa shape index (κ1) is 9.00. The molecule has 0 aromatic heterocycles. The van der Waals surface area contributed by atoms with Crippen LogP contribution in [0, 0.1) is 0 Å². The third-order valence-electron chi connectivity index (χ3n) is 1.57. The highest BCUT2D eigenvalue weighted by molar-refractivity contribution is 6.68. The standard InChI is InChI=1S/C8H8ClNO2/c1-6(11)10-4-2-7(3-5-10)8(9)12/h2-4H,5H2,1H3. The fraction of sp³-hybridized carbons (Fsp3) is 0.250. The zero-order valence-electron chi connectivity index (χ0n) is 6.58. The molecule has 0 aromatic rings. The van der Waals surface area contributed by atoms with Crippen LogP contribution in [0.25, 0.3) is 0 Å². The summed E-state index contributed by atoms with van der Waals surface area (Å²) in [4.78, 5) is 22.9. The fourth-order valence-electron chi connectivity index (χ4n) is 0.875. The SMILES string of the molecule is CC(=O)N1C=CC(C(=O)Cl)=CC1. The van der Waals surface area contributed by atoms with Crippen LogP contribution in [0.15, 0.2) is 23.9 Å². The molecule has 1 rings (SSSR count). The Kier molecular flexibility index (Phi) is 2.65. The number of allylic oxidation sites excluding steroid dienone is 2. The van der Waals surface area contributed by atoms with Gasteiger partial charge in [0.2, 0.25) is 5.91 Å². The average Bonchev–Trinajstić information content (AvgIpc) is 2.04. The van der Waals surface area contributed by atoms with Crippen LogP contribution in [-0.4, -0.2) is 22.6 Å². The Bertz CT molecular complexity index is 281. The zero-order chi connectivity index (χ0) is 9.14. The van der Waals surface area contributed by atoms with Crippen LogP contribution >= 0.6 is 11.6 Å². The van der Waals surface area contributed by atoms with Gasteiger partial charge in [0.25, 0.3) is 5.24 Å². The molecule has 0 saturated carbocycles. The van der Waals surface area contributed by atoms with E-state index < -0.39 is 5.24 Å². The van der Waals surface area contributed by atoms with Crippen molar-refractivity contribution in [3.05, 3.63) is 23.9 Å². The van der Waals surface area contributed by atoms with Crippen LogP contribution < -0.4 is 0 Å². The monoisotopic (exact) mass is 185 g/mol. The number of halogens is 1. The Hall–Kier alpha value is -1.09. The van der Waals surface area contributed by atoms with Gasteiger partial charge in [0.15, 0.2) is 0 Å². The quantitative estimate of drug-likeness (QED) is 0.573. The predicted molar refractivity (Wildman–Crippen MR) is 45.5 cm³/mol. The number of nitrogens with zero attached hydrogens (tertiary/aromatic N) is 1. The van der Waals surface area contributed by atoms with Gasteiger partial charge in [-0.2, -0.15) is 0 Å². The van der Waals surface area contributed by atoms with Crippen molar-refractivity contribution < 1.29 is 9.59 Å². The van der Waals surface area contributed by atoms with Crippen LogP contribution in [0.2, 0.25) is 0 Å². The molecule has 1 aliphatic rings. The second-order valence-electron chi connectivity index (χ2n) is 2.42. The fourth-order valence-corrected chi connectivity index (χ4v) is 1.02. The van der Waals surface area contributed by atoms with Gasteiger partial charge in [-0.25, -0.2) is 0 Å². The number of hydrogen-bond acceptors (Lipinski definition) is 2. The van der Waals surface area contributed by atoms with E-state index in [4.69, 9.17) is 11.6 Å². The summed E-state index contributed by atoms with van der Waals surface area (Å²) in [7, 11) is 0. The van der Waals surface area contributed by atoms with Crippen molar-refractivity contribution in [1.82, 2.24) is 4.90 Å². The van der Waals surface area contributed by atoms with E-state index in [0.717, 1.165) is 0 Å². The van der Waals surface area contributed by atoms with Crippen LogP contribution in [0.4, 0.5) is 0 Å². The van der Waals surface area contributed by atoms with Crippen molar-refractivity contribution >= 4 is 22.8 Å². The van der Waals surface area contributed by atoms with Gasteiger partial charge in [-0.15, -0.1) is 0 Å². The highest BCUT2D eigenvalue weighted by Gasteiger charge is 2.10. The lowest BCUT2D eigenvalue weighted by molar-refractivity contribution is -0.126. The number of hydrogen-bond donors (Lipinski definition) is 0. The molecular weight excluding hydrogens is 178 g/mol. The molecule has 0 aliphatic carbocycles. The topological polar surface area (TPSA) is 37.4 Å². The van der Waals surface area contributed by atoms with Gasteiger partial charge >= 0.3 is 0 Å². The molecule has 64 valence electrons. The Morgan fingerprint density at radius 2 is 2.25 bits per heavy atom. The molecule has 0 atom stereocenters. The van der Waals surface area contributed by atoms with E-state index in [1.54, 1.807) is 12.3 Å². The summed E-state index contributed by atoms with van der Waals surface area (Å²) < 4.78 is 0. The molecular formula is C8H8ClNO2. The highest BCUT2D eigenvalue weighted by Crippen LogP contribution is 2.09. The van der Waals surface area contributed by atoms with Crippen molar-refractivity contribution in [3.8, 4) is 0 Å². The second-order valence-corrected chi connectivity index (χ2v) is 2.76. The Morgan fingerprint density at radius 1 is 1.58 bits per heavy atom. The Balaban J connectivity index is 2.68. The molecule has 0 fully saturated rings. The van der Waals surface area contributed by atoms with E-state index in [1.165, 1.54) is 17.9 Å². The molecule has 0 radical (unpaired) electrons. The normalized spacial score (nSPS) is 15.8. The minimum Gasteiger partial charge on any atom is -0.315 e. The lowest BCUT2D eigenvalue weighted by Gasteiger charge is -2.17. The van der Waals surface area contributed by atoms with Crippen LogP contribution in [-0.2, 0) is 9.59 Å². The maximum absolute atomic E-state index is 10.8. The lowest BCUT2D eigenvalue weighted by Crippen LogP contribution is -2.25. The van der Waals surface area contributed by atoms with E-state index in [-0.39, 0.29) is 5.91 Å². The first-order valence-corrected chi connectivity index (χ1v) is 3.84. The molecule has 0 spiro atoms. The Labute approximate surface area is 75.3 Å². The van der Waals surface area contributed by atoms with Gasteiger partial charge in [0.1, 0.15) is 0 Å². The van der Waals surface area contributed by atoms with Crippen molar-refractivity contribution in [2.24, 2.45) is 0 Å². The smallest absolute Gasteiger partial charge is 0.252 e. The van der Waals surface area contributed by atoms with E-state index in [0.29, 0.717) is 12.1 Å². The zero-order valence-corrected chi connectivity index (χ0v) is 7.34. The molecule has 0 saturated heterocycles. The number of rotatable bonds is 1. The highest BCUT2D eigenvalue weighted by atomic mass is 35.5. The van der Waals surface area contributed by atoms with Crippen molar-refractivity contribution in [2.75, 3.05) is 6.54 Å². The molecule has 1 amide bonds. The predicted octanol–water partition coefficient (Wildman–Crippen LogP) is 1.05. The Morgan fingerprint density at radius 3 is 2.58 bits per heavy atom. The summed E-state index contributed by atoms with van der Waals surface area (Å²) in [5.41, 5.74) is 0.439. The summed E-state index contributed by atoms with van der Waals surface area (Å²) in [6, 6.07) is 0. The van der Waals surface area contributed by atoms with Gasteiger partial charge in [-0.3, -0.25) is 9.59 Å². The third-order valence-corrected chi connectivity index (χ3v) is 1.79. The minimum atomic E-state index is -0.491. The third kappa shape index (κ3) is 1.95. The summed E-state index contributed by atoms with van der Waals surface area (Å²) in [5.74, 6) is -0.0522. The molecule has 12 heavy (non-hydrogen) atoms. The summed E-state index contributed by atoms with van der Waals surface area (Å²) >= 11 is 5.22. The van der Waals surface area contributed by atoms with Crippen LogP contribution in [0.1, 0.15) is 6.92 Å². The molecule has 1 heterocycles. The first-order chi connectivity index (χ1) is 5.61. The lowest BCUT2D eigenvalue weighted by atomic mass is 10.2. The van der Waals surface area contributed by atoms with Crippen molar-refractivity contribution in [3.63, 3.8) is 0 Å². The van der Waals surface area contributed by atoms with Crippen LogP contribution in [0.5, 0.6) is 0 Å². The van der Waals surface area contributed by atoms with Gasteiger partial charge in [0, 0.05) is 25.2 Å². The van der Waals surface area contributed by atoms with Gasteiger partial charge in [-0.1, -0.05) is 6.08 Å². The maximum atomic E-state index is 10.8. The van der Waals surface area contributed by atoms with E-state index >= 15 is 0 Å². The summed E-state index contributed by atoms with van der Waals surface area (Å²) in [6.07, 6.45) is 4.70. The molecule has 0 unspecified atom stereocenters. The van der Waals surface area contributed by atoms with E-state index in [1.807, 2.05) is 0 Å². The van der Waals surface area contributed by atoms with Gasteiger partial charge < -0.3 is 4.90 Å². The molecule has 0 aromatic carbocycles. The van der Waals surface area contributed by atoms with E-state index in [9.17, 15) is 9.59 Å². The number of carbonyl (C=O) groups excluding carboxylic acids is 2. The second kappa shape index (κ2) is 3.54. The summed E-state index contributed by atoms with van der Waals surface area (Å²) in [5, 5.41) is -0.491. The number of amides is 1.